The largest absolute Gasteiger partial charge is 0.504 e. The van der Waals surface area contributed by atoms with Gasteiger partial charge in [0.05, 0.1) is 7.11 Å². The zero-order valence-corrected chi connectivity index (χ0v) is 8.48. The fraction of sp³-hybridized carbons (Fsp3) is 0.125. The van der Waals surface area contributed by atoms with Crippen LogP contribution in [0.2, 0.25) is 0 Å². The molecule has 1 rings (SSSR count). The Morgan fingerprint density at radius 2 is 2.13 bits per heavy atom. The molecule has 0 aromatic heterocycles. The second-order valence-corrected chi connectivity index (χ2v) is 3.05. The van der Waals surface area contributed by atoms with Crippen molar-refractivity contribution in [1.29, 1.82) is 0 Å². The maximum Gasteiger partial charge on any atom is 0.357 e. The van der Waals surface area contributed by atoms with Gasteiger partial charge in [-0.2, -0.15) is 4.21 Å². The number of para-hydroxylation sites is 1. The van der Waals surface area contributed by atoms with Crippen molar-refractivity contribution in [3.63, 3.8) is 0 Å². The Labute approximate surface area is 87.9 Å². The predicted octanol–water partition coefficient (Wildman–Crippen LogP) is 0.694. The van der Waals surface area contributed by atoms with Crippen LogP contribution in [0.25, 0.3) is 0 Å². The number of aromatic hydroxyl groups is 1. The third-order valence-electron chi connectivity index (χ3n) is 1.55. The van der Waals surface area contributed by atoms with Crippen LogP contribution in [0, 0.1) is 0 Å². The Morgan fingerprint density at radius 1 is 1.47 bits per heavy atom. The summed E-state index contributed by atoms with van der Waals surface area (Å²) >= 11 is -2.62. The van der Waals surface area contributed by atoms with E-state index in [0.717, 1.165) is 7.11 Å². The van der Waals surface area contributed by atoms with Crippen LogP contribution < -0.4 is 4.18 Å². The molecule has 7 heteroatoms. The van der Waals surface area contributed by atoms with Crippen LogP contribution in [0.4, 0.5) is 0 Å². The first-order valence-corrected chi connectivity index (χ1v) is 4.79. The molecule has 0 aliphatic heterocycles. The number of phenolic OH excluding ortho intramolecular Hbond substituents is 1. The van der Waals surface area contributed by atoms with Gasteiger partial charge in [0.1, 0.15) is 5.56 Å². The smallest absolute Gasteiger partial charge is 0.357 e. The van der Waals surface area contributed by atoms with E-state index in [1.807, 2.05) is 0 Å². The molecule has 0 amide bonds. The minimum absolute atomic E-state index is 0.125. The summed E-state index contributed by atoms with van der Waals surface area (Å²) in [5, 5.41) is 9.31. The quantitative estimate of drug-likeness (QED) is 0.588. The first kappa shape index (κ1) is 11.5. The van der Waals surface area contributed by atoms with Gasteiger partial charge in [0, 0.05) is 0 Å². The van der Waals surface area contributed by atoms with E-state index in [4.69, 9.17) is 4.55 Å². The summed E-state index contributed by atoms with van der Waals surface area (Å²) in [4.78, 5) is 11.2. The molecule has 0 heterocycles. The monoisotopic (exact) mass is 232 g/mol. The van der Waals surface area contributed by atoms with Crippen molar-refractivity contribution < 1.29 is 27.6 Å². The molecule has 0 aliphatic rings. The van der Waals surface area contributed by atoms with Crippen LogP contribution in [0.3, 0.4) is 0 Å². The van der Waals surface area contributed by atoms with Gasteiger partial charge in [-0.3, -0.25) is 4.55 Å². The molecule has 82 valence electrons. The van der Waals surface area contributed by atoms with Crippen LogP contribution in [0.15, 0.2) is 18.2 Å². The number of hydrogen-bond donors (Lipinski definition) is 2. The van der Waals surface area contributed by atoms with Crippen molar-refractivity contribution in [2.24, 2.45) is 0 Å². The average Bonchev–Trinajstić information content (AvgIpc) is 2.19. The molecule has 0 saturated carbocycles. The van der Waals surface area contributed by atoms with E-state index in [9.17, 15) is 14.1 Å². The highest BCUT2D eigenvalue weighted by Gasteiger charge is 2.18. The van der Waals surface area contributed by atoms with Crippen LogP contribution >= 0.6 is 0 Å². The van der Waals surface area contributed by atoms with E-state index in [1.54, 1.807) is 0 Å². The van der Waals surface area contributed by atoms with Crippen molar-refractivity contribution in [2.75, 3.05) is 7.11 Å². The third-order valence-corrected chi connectivity index (χ3v) is 1.86. The molecule has 6 nitrogen and oxygen atoms in total. The lowest BCUT2D eigenvalue weighted by Crippen LogP contribution is -2.07. The predicted molar refractivity (Wildman–Crippen MR) is 50.8 cm³/mol. The number of phenols is 1. The SMILES string of the molecule is COC(=O)c1cccc(O)c1OS(=O)O. The minimum Gasteiger partial charge on any atom is -0.504 e. The van der Waals surface area contributed by atoms with E-state index >= 15 is 0 Å². The molecule has 0 bridgehead atoms. The fourth-order valence-corrected chi connectivity index (χ4v) is 1.27. The molecule has 15 heavy (non-hydrogen) atoms. The zero-order valence-electron chi connectivity index (χ0n) is 7.67. The molecule has 1 aromatic rings. The lowest BCUT2D eigenvalue weighted by molar-refractivity contribution is 0.0598. The summed E-state index contributed by atoms with van der Waals surface area (Å²) in [5.74, 6) is -1.57. The number of rotatable bonds is 3. The molecular formula is C8H8O6S. The third kappa shape index (κ3) is 2.67. The van der Waals surface area contributed by atoms with E-state index in [-0.39, 0.29) is 11.3 Å². The Balaban J connectivity index is 3.19. The molecule has 0 saturated heterocycles. The van der Waals surface area contributed by atoms with Crippen molar-refractivity contribution in [3.8, 4) is 11.5 Å². The van der Waals surface area contributed by atoms with E-state index in [0.29, 0.717) is 0 Å². The molecule has 1 aromatic carbocycles. The first-order valence-electron chi connectivity index (χ1n) is 3.75. The second kappa shape index (κ2) is 4.76. The van der Waals surface area contributed by atoms with E-state index in [2.05, 4.69) is 8.92 Å². The maximum atomic E-state index is 11.2. The van der Waals surface area contributed by atoms with Gasteiger partial charge >= 0.3 is 17.3 Å². The lowest BCUT2D eigenvalue weighted by Gasteiger charge is -2.07. The number of carbonyl (C=O) groups excluding carboxylic acids is 1. The Morgan fingerprint density at radius 3 is 2.67 bits per heavy atom. The maximum absolute atomic E-state index is 11.2. The Bertz CT molecular complexity index is 402. The highest BCUT2D eigenvalue weighted by molar-refractivity contribution is 7.74. The molecule has 1 atom stereocenters. The summed E-state index contributed by atoms with van der Waals surface area (Å²) < 4.78 is 27.7. The van der Waals surface area contributed by atoms with Gasteiger partial charge in [-0.1, -0.05) is 6.07 Å². The molecule has 0 radical (unpaired) electrons. The number of ether oxygens (including phenoxy) is 1. The number of carbonyl (C=O) groups is 1. The summed E-state index contributed by atoms with van der Waals surface area (Å²) in [5.41, 5.74) is -0.125. The van der Waals surface area contributed by atoms with Crippen molar-refractivity contribution in [3.05, 3.63) is 23.8 Å². The van der Waals surface area contributed by atoms with Crippen LogP contribution in [0.1, 0.15) is 10.4 Å². The number of esters is 1. The number of methoxy groups -OCH3 is 1. The van der Waals surface area contributed by atoms with Crippen molar-refractivity contribution in [1.82, 2.24) is 0 Å². The standard InChI is InChI=1S/C8H8O6S/c1-13-8(10)5-3-2-4-6(9)7(5)14-15(11)12/h2-4,9H,1H3,(H,11,12). The fourth-order valence-electron chi connectivity index (χ4n) is 0.954. The first-order chi connectivity index (χ1) is 7.06. The van der Waals surface area contributed by atoms with Crippen molar-refractivity contribution in [2.45, 2.75) is 0 Å². The number of hydrogen-bond acceptors (Lipinski definition) is 5. The molecule has 0 aliphatic carbocycles. The summed E-state index contributed by atoms with van der Waals surface area (Å²) in [6.07, 6.45) is 0. The molecule has 2 N–H and O–H groups in total. The Kier molecular flexibility index (Phi) is 3.64. The normalized spacial score (nSPS) is 11.9. The van der Waals surface area contributed by atoms with Gasteiger partial charge in [-0.25, -0.2) is 4.79 Å². The van der Waals surface area contributed by atoms with Crippen LogP contribution in [0.5, 0.6) is 11.5 Å². The molecule has 0 fully saturated rings. The summed E-state index contributed by atoms with van der Waals surface area (Å²) in [6, 6.07) is 3.90. The molecular weight excluding hydrogens is 224 g/mol. The Hall–Kier alpha value is -1.60. The van der Waals surface area contributed by atoms with E-state index < -0.39 is 23.1 Å². The van der Waals surface area contributed by atoms with Gasteiger partial charge in [0.2, 0.25) is 0 Å². The minimum atomic E-state index is -2.62. The highest BCUT2D eigenvalue weighted by atomic mass is 32.2. The van der Waals surface area contributed by atoms with E-state index in [1.165, 1.54) is 18.2 Å². The second-order valence-electron chi connectivity index (χ2n) is 2.45. The topological polar surface area (TPSA) is 93.1 Å². The van der Waals surface area contributed by atoms with Crippen LogP contribution in [-0.2, 0) is 16.1 Å². The van der Waals surface area contributed by atoms with Gasteiger partial charge in [-0.05, 0) is 12.1 Å². The summed E-state index contributed by atoms with van der Waals surface area (Å²) in [7, 11) is 1.14. The number of benzene rings is 1. The summed E-state index contributed by atoms with van der Waals surface area (Å²) in [6.45, 7) is 0. The average molecular weight is 232 g/mol. The van der Waals surface area contributed by atoms with Gasteiger partial charge in [0.25, 0.3) is 0 Å². The molecule has 0 spiro atoms. The van der Waals surface area contributed by atoms with Gasteiger partial charge in [-0.15, -0.1) is 0 Å². The van der Waals surface area contributed by atoms with Crippen LogP contribution in [-0.4, -0.2) is 26.9 Å². The zero-order chi connectivity index (χ0) is 11.4. The highest BCUT2D eigenvalue weighted by Crippen LogP contribution is 2.30. The van der Waals surface area contributed by atoms with Gasteiger partial charge in [0.15, 0.2) is 11.5 Å². The molecule has 1 unspecified atom stereocenters. The van der Waals surface area contributed by atoms with Crippen molar-refractivity contribution >= 4 is 17.3 Å². The van der Waals surface area contributed by atoms with Gasteiger partial charge < -0.3 is 14.0 Å². The lowest BCUT2D eigenvalue weighted by atomic mass is 10.2.